The normalized spacial score (nSPS) is 12.5. The van der Waals surface area contributed by atoms with Gasteiger partial charge in [0.25, 0.3) is 5.91 Å². The highest BCUT2D eigenvalue weighted by atomic mass is 127. The summed E-state index contributed by atoms with van der Waals surface area (Å²) in [5.74, 6) is -0.00189. The van der Waals surface area contributed by atoms with Crippen LogP contribution in [0.2, 0.25) is 0 Å². The fraction of sp³-hybridized carbons (Fsp3) is 0.417. The molecule has 0 saturated carbocycles. The van der Waals surface area contributed by atoms with Gasteiger partial charge in [-0.1, -0.05) is 13.8 Å². The van der Waals surface area contributed by atoms with Crippen molar-refractivity contribution in [3.8, 4) is 5.75 Å². The summed E-state index contributed by atoms with van der Waals surface area (Å²) in [5, 5.41) is 12.3. The van der Waals surface area contributed by atoms with Crippen LogP contribution >= 0.6 is 22.6 Å². The number of nitrogens with two attached hydrogens (primary N) is 1. The molecule has 1 aromatic carbocycles. The third kappa shape index (κ3) is 4.16. The minimum atomic E-state index is -0.294. The molecule has 94 valence electrons. The number of rotatable bonds is 4. The number of hydrogen-bond acceptors (Lipinski definition) is 3. The first-order valence-electron chi connectivity index (χ1n) is 5.44. The first-order valence-corrected chi connectivity index (χ1v) is 6.52. The van der Waals surface area contributed by atoms with E-state index >= 15 is 0 Å². The zero-order valence-corrected chi connectivity index (χ0v) is 12.1. The van der Waals surface area contributed by atoms with Crippen molar-refractivity contribution in [3.63, 3.8) is 0 Å². The van der Waals surface area contributed by atoms with E-state index in [0.29, 0.717) is 12.5 Å². The first-order chi connectivity index (χ1) is 7.91. The van der Waals surface area contributed by atoms with Gasteiger partial charge in [0.05, 0.1) is 5.56 Å². The summed E-state index contributed by atoms with van der Waals surface area (Å²) in [6.45, 7) is 4.40. The van der Waals surface area contributed by atoms with Crippen LogP contribution in [0.15, 0.2) is 18.2 Å². The Morgan fingerprint density at radius 3 is 2.76 bits per heavy atom. The Morgan fingerprint density at radius 1 is 1.53 bits per heavy atom. The number of aromatic hydroxyl groups is 1. The summed E-state index contributed by atoms with van der Waals surface area (Å²) in [6, 6.07) is 4.82. The monoisotopic (exact) mass is 348 g/mol. The molecule has 0 bridgehead atoms. The van der Waals surface area contributed by atoms with Crippen molar-refractivity contribution in [2.24, 2.45) is 11.7 Å². The molecule has 4 nitrogen and oxygen atoms in total. The number of phenolic OH excluding ortho intramolecular Hbond substituents is 1. The van der Waals surface area contributed by atoms with E-state index < -0.39 is 0 Å². The smallest absolute Gasteiger partial charge is 0.255 e. The van der Waals surface area contributed by atoms with E-state index in [1.807, 2.05) is 13.8 Å². The molecule has 0 aliphatic rings. The third-order valence-corrected chi connectivity index (χ3v) is 3.23. The molecule has 1 unspecified atom stereocenters. The van der Waals surface area contributed by atoms with Gasteiger partial charge in [0, 0.05) is 16.2 Å². The summed E-state index contributed by atoms with van der Waals surface area (Å²) in [5.41, 5.74) is 6.12. The number of hydrogen-bond donors (Lipinski definition) is 3. The minimum absolute atomic E-state index is 0.0129. The van der Waals surface area contributed by atoms with Crippen LogP contribution in [0.3, 0.4) is 0 Å². The quantitative estimate of drug-likeness (QED) is 0.725. The van der Waals surface area contributed by atoms with Crippen LogP contribution in [0, 0.1) is 9.49 Å². The van der Waals surface area contributed by atoms with Gasteiger partial charge in [0.15, 0.2) is 0 Å². The van der Waals surface area contributed by atoms with Gasteiger partial charge in [-0.25, -0.2) is 0 Å². The predicted octanol–water partition coefficient (Wildman–Crippen LogP) is 1.71. The summed E-state index contributed by atoms with van der Waals surface area (Å²) < 4.78 is 0.902. The van der Waals surface area contributed by atoms with Crippen LogP contribution in [0.4, 0.5) is 0 Å². The van der Waals surface area contributed by atoms with E-state index in [1.165, 1.54) is 6.07 Å². The molecule has 0 spiro atoms. The first kappa shape index (κ1) is 14.2. The van der Waals surface area contributed by atoms with Gasteiger partial charge in [-0.05, 0) is 46.7 Å². The zero-order valence-electron chi connectivity index (χ0n) is 9.90. The average Bonchev–Trinajstić information content (AvgIpc) is 2.28. The fourth-order valence-corrected chi connectivity index (χ4v) is 1.72. The van der Waals surface area contributed by atoms with Crippen LogP contribution in [-0.4, -0.2) is 23.6 Å². The lowest BCUT2D eigenvalue weighted by atomic mass is 10.1. The molecule has 1 atom stereocenters. The molecule has 0 aliphatic heterocycles. The Morgan fingerprint density at radius 2 is 2.18 bits per heavy atom. The second-order valence-corrected chi connectivity index (χ2v) is 5.52. The van der Waals surface area contributed by atoms with Gasteiger partial charge in [0.1, 0.15) is 5.75 Å². The van der Waals surface area contributed by atoms with E-state index in [9.17, 15) is 9.90 Å². The summed E-state index contributed by atoms with van der Waals surface area (Å²) in [7, 11) is 0. The van der Waals surface area contributed by atoms with Gasteiger partial charge in [-0.2, -0.15) is 0 Å². The van der Waals surface area contributed by atoms with E-state index in [-0.39, 0.29) is 23.3 Å². The second kappa shape index (κ2) is 6.20. The number of carbonyl (C=O) groups excluding carboxylic acids is 1. The Labute approximate surface area is 115 Å². The fourth-order valence-electron chi connectivity index (χ4n) is 1.23. The van der Waals surface area contributed by atoms with Crippen molar-refractivity contribution in [1.29, 1.82) is 0 Å². The van der Waals surface area contributed by atoms with Crippen LogP contribution in [0.25, 0.3) is 0 Å². The summed E-state index contributed by atoms with van der Waals surface area (Å²) >= 11 is 2.09. The molecule has 1 rings (SSSR count). The molecule has 17 heavy (non-hydrogen) atoms. The Bertz CT molecular complexity index is 407. The van der Waals surface area contributed by atoms with Gasteiger partial charge >= 0.3 is 0 Å². The van der Waals surface area contributed by atoms with Gasteiger partial charge in [-0.15, -0.1) is 0 Å². The van der Waals surface area contributed by atoms with E-state index in [2.05, 4.69) is 27.9 Å². The third-order valence-electron chi connectivity index (χ3n) is 2.56. The molecule has 4 N–H and O–H groups in total. The molecule has 0 fully saturated rings. The number of halogens is 1. The topological polar surface area (TPSA) is 75.3 Å². The molecular weight excluding hydrogens is 331 g/mol. The standard InChI is InChI=1S/C12H17IN2O2/c1-7(2)10(14)6-15-12(17)9-5-8(13)3-4-11(9)16/h3-5,7,10,16H,6,14H2,1-2H3,(H,15,17). The SMILES string of the molecule is CC(C)C(N)CNC(=O)c1cc(I)ccc1O. The number of carbonyl (C=O) groups is 1. The summed E-state index contributed by atoms with van der Waals surface area (Å²) in [6.07, 6.45) is 0. The molecule has 0 aliphatic carbocycles. The number of amides is 1. The maximum absolute atomic E-state index is 11.8. The molecule has 1 amide bonds. The lowest BCUT2D eigenvalue weighted by Gasteiger charge is -2.16. The zero-order chi connectivity index (χ0) is 13.0. The predicted molar refractivity (Wildman–Crippen MR) is 76.0 cm³/mol. The molecule has 0 radical (unpaired) electrons. The highest BCUT2D eigenvalue weighted by molar-refractivity contribution is 14.1. The lowest BCUT2D eigenvalue weighted by Crippen LogP contribution is -2.40. The van der Waals surface area contributed by atoms with Gasteiger partial charge in [-0.3, -0.25) is 4.79 Å². The average molecular weight is 348 g/mol. The molecule has 1 aromatic rings. The maximum Gasteiger partial charge on any atom is 0.255 e. The Kier molecular flexibility index (Phi) is 5.20. The molecule has 0 aromatic heterocycles. The molecule has 0 heterocycles. The van der Waals surface area contributed by atoms with Crippen molar-refractivity contribution in [2.45, 2.75) is 19.9 Å². The number of phenols is 1. The van der Waals surface area contributed by atoms with E-state index in [4.69, 9.17) is 5.73 Å². The van der Waals surface area contributed by atoms with Crippen LogP contribution in [0.1, 0.15) is 24.2 Å². The lowest BCUT2D eigenvalue weighted by molar-refractivity contribution is 0.0946. The van der Waals surface area contributed by atoms with E-state index in [1.54, 1.807) is 12.1 Å². The van der Waals surface area contributed by atoms with Crippen molar-refractivity contribution in [1.82, 2.24) is 5.32 Å². The Balaban J connectivity index is 2.67. The van der Waals surface area contributed by atoms with Crippen LogP contribution < -0.4 is 11.1 Å². The molecule has 5 heteroatoms. The van der Waals surface area contributed by atoms with Crippen molar-refractivity contribution in [3.05, 3.63) is 27.3 Å². The van der Waals surface area contributed by atoms with Crippen LogP contribution in [0.5, 0.6) is 5.75 Å². The molecular formula is C12H17IN2O2. The highest BCUT2D eigenvalue weighted by Gasteiger charge is 2.13. The van der Waals surface area contributed by atoms with Gasteiger partial charge in [0.2, 0.25) is 0 Å². The molecule has 0 saturated heterocycles. The van der Waals surface area contributed by atoms with E-state index in [0.717, 1.165) is 3.57 Å². The minimum Gasteiger partial charge on any atom is -0.507 e. The van der Waals surface area contributed by atoms with Crippen molar-refractivity contribution in [2.75, 3.05) is 6.54 Å². The largest absolute Gasteiger partial charge is 0.507 e. The highest BCUT2D eigenvalue weighted by Crippen LogP contribution is 2.19. The van der Waals surface area contributed by atoms with Crippen LogP contribution in [-0.2, 0) is 0 Å². The van der Waals surface area contributed by atoms with Crippen molar-refractivity contribution < 1.29 is 9.90 Å². The van der Waals surface area contributed by atoms with Crippen molar-refractivity contribution >= 4 is 28.5 Å². The van der Waals surface area contributed by atoms with Gasteiger partial charge < -0.3 is 16.2 Å². The second-order valence-electron chi connectivity index (χ2n) is 4.28. The maximum atomic E-state index is 11.8. The number of benzene rings is 1. The number of nitrogens with one attached hydrogen (secondary N) is 1. The summed E-state index contributed by atoms with van der Waals surface area (Å²) in [4.78, 5) is 11.8. The Hall–Kier alpha value is -0.820.